The van der Waals surface area contributed by atoms with Crippen molar-refractivity contribution in [1.82, 2.24) is 0 Å². The first kappa shape index (κ1) is 26.0. The van der Waals surface area contributed by atoms with Crippen LogP contribution in [0.15, 0.2) is 41.2 Å². The zero-order valence-electron chi connectivity index (χ0n) is 19.8. The Morgan fingerprint density at radius 3 is 2.15 bits per heavy atom. The molecule has 0 aromatic rings. The zero-order valence-corrected chi connectivity index (χ0v) is 19.8. The summed E-state index contributed by atoms with van der Waals surface area (Å²) in [6.45, 7) is 18.4. The molecular formula is C27H48. The molecule has 0 fully saturated rings. The van der Waals surface area contributed by atoms with E-state index in [2.05, 4.69) is 85.4 Å². The van der Waals surface area contributed by atoms with Crippen LogP contribution in [0.5, 0.6) is 0 Å². The van der Waals surface area contributed by atoms with Gasteiger partial charge in [-0.05, 0) is 101 Å². The SMILES string of the molecule is CC=C=C(CCC=CCCC(C)CC)CCCC(C(C)C)C(C)C(C)=CC. The van der Waals surface area contributed by atoms with E-state index >= 15 is 0 Å². The van der Waals surface area contributed by atoms with E-state index in [1.807, 2.05) is 0 Å². The molecular weight excluding hydrogens is 324 g/mol. The van der Waals surface area contributed by atoms with Gasteiger partial charge < -0.3 is 0 Å². The quantitative estimate of drug-likeness (QED) is 0.210. The highest BCUT2D eigenvalue weighted by molar-refractivity contribution is 5.05. The largest absolute Gasteiger partial charge is 0.126 e. The zero-order chi connectivity index (χ0) is 20.7. The summed E-state index contributed by atoms with van der Waals surface area (Å²) in [7, 11) is 0. The fourth-order valence-corrected chi connectivity index (χ4v) is 3.86. The molecule has 0 bridgehead atoms. The van der Waals surface area contributed by atoms with Crippen molar-refractivity contribution in [2.45, 2.75) is 107 Å². The Hall–Kier alpha value is -1.00. The highest BCUT2D eigenvalue weighted by Crippen LogP contribution is 2.31. The van der Waals surface area contributed by atoms with Gasteiger partial charge in [0.2, 0.25) is 0 Å². The van der Waals surface area contributed by atoms with Gasteiger partial charge in [0.1, 0.15) is 0 Å². The molecule has 0 spiro atoms. The molecule has 0 rings (SSSR count). The summed E-state index contributed by atoms with van der Waals surface area (Å²) in [4.78, 5) is 0. The summed E-state index contributed by atoms with van der Waals surface area (Å²) in [5.41, 5.74) is 6.56. The van der Waals surface area contributed by atoms with E-state index in [0.717, 1.165) is 17.8 Å². The lowest BCUT2D eigenvalue weighted by atomic mass is 9.77. The van der Waals surface area contributed by atoms with Gasteiger partial charge in [-0.1, -0.05) is 64.8 Å². The van der Waals surface area contributed by atoms with Crippen molar-refractivity contribution in [2.75, 3.05) is 0 Å². The second-order valence-electron chi connectivity index (χ2n) is 8.76. The van der Waals surface area contributed by atoms with E-state index in [1.165, 1.54) is 56.9 Å². The average Bonchev–Trinajstić information content (AvgIpc) is 2.65. The normalized spacial score (nSPS) is 15.7. The van der Waals surface area contributed by atoms with Gasteiger partial charge in [0.05, 0.1) is 0 Å². The molecule has 27 heavy (non-hydrogen) atoms. The van der Waals surface area contributed by atoms with Crippen LogP contribution >= 0.6 is 0 Å². The molecule has 0 aromatic heterocycles. The van der Waals surface area contributed by atoms with Crippen LogP contribution in [-0.2, 0) is 0 Å². The lowest BCUT2D eigenvalue weighted by molar-refractivity contribution is 0.276. The average molecular weight is 373 g/mol. The van der Waals surface area contributed by atoms with E-state index < -0.39 is 0 Å². The molecule has 3 atom stereocenters. The molecule has 0 aliphatic carbocycles. The molecule has 0 heteroatoms. The van der Waals surface area contributed by atoms with E-state index in [-0.39, 0.29) is 0 Å². The molecule has 0 radical (unpaired) electrons. The Bertz CT molecular complexity index is 482. The molecule has 0 N–H and O–H groups in total. The van der Waals surface area contributed by atoms with Gasteiger partial charge in [-0.3, -0.25) is 0 Å². The molecule has 0 aliphatic heterocycles. The first-order valence-corrected chi connectivity index (χ1v) is 11.5. The van der Waals surface area contributed by atoms with Gasteiger partial charge in [-0.2, -0.15) is 0 Å². The van der Waals surface area contributed by atoms with Gasteiger partial charge >= 0.3 is 0 Å². The molecule has 0 heterocycles. The van der Waals surface area contributed by atoms with E-state index in [9.17, 15) is 0 Å². The van der Waals surface area contributed by atoms with E-state index in [0.29, 0.717) is 5.92 Å². The highest BCUT2D eigenvalue weighted by Gasteiger charge is 2.21. The lowest BCUT2D eigenvalue weighted by Gasteiger charge is -2.28. The first-order valence-electron chi connectivity index (χ1n) is 11.5. The van der Waals surface area contributed by atoms with Gasteiger partial charge in [0, 0.05) is 0 Å². The van der Waals surface area contributed by atoms with Gasteiger partial charge in [0.15, 0.2) is 0 Å². The molecule has 3 unspecified atom stereocenters. The van der Waals surface area contributed by atoms with Crippen molar-refractivity contribution in [3.8, 4) is 0 Å². The summed E-state index contributed by atoms with van der Waals surface area (Å²) >= 11 is 0. The fourth-order valence-electron chi connectivity index (χ4n) is 3.86. The molecule has 0 amide bonds. The standard InChI is InChI=1S/C27H48/c1-9-17-26(19-15-13-12-14-18-23(6)10-2)20-16-21-27(22(4)5)25(8)24(7)11-3/h9,11-13,22-23,25,27H,10,14-16,18-21H2,1-8H3. The molecule has 0 nitrogen and oxygen atoms in total. The van der Waals surface area contributed by atoms with Crippen molar-refractivity contribution in [3.05, 3.63) is 41.2 Å². The predicted molar refractivity (Wildman–Crippen MR) is 125 cm³/mol. The van der Waals surface area contributed by atoms with Crippen molar-refractivity contribution in [1.29, 1.82) is 0 Å². The highest BCUT2D eigenvalue weighted by atomic mass is 14.3. The Labute approximate surface area is 171 Å². The summed E-state index contributed by atoms with van der Waals surface area (Å²) < 4.78 is 0. The minimum atomic E-state index is 0.692. The third-order valence-corrected chi connectivity index (χ3v) is 6.34. The van der Waals surface area contributed by atoms with Crippen LogP contribution in [0.4, 0.5) is 0 Å². The van der Waals surface area contributed by atoms with Crippen LogP contribution < -0.4 is 0 Å². The van der Waals surface area contributed by atoms with Crippen LogP contribution in [0.1, 0.15) is 107 Å². The molecule has 0 aromatic carbocycles. The summed E-state index contributed by atoms with van der Waals surface area (Å²) in [5.74, 6) is 3.08. The maximum Gasteiger partial charge on any atom is -0.0204 e. The van der Waals surface area contributed by atoms with Crippen LogP contribution in [0, 0.1) is 23.7 Å². The Kier molecular flexibility index (Phi) is 15.4. The minimum Gasteiger partial charge on any atom is -0.126 e. The Balaban J connectivity index is 4.43. The Morgan fingerprint density at radius 2 is 1.59 bits per heavy atom. The molecule has 0 saturated carbocycles. The third-order valence-electron chi connectivity index (χ3n) is 6.34. The summed E-state index contributed by atoms with van der Waals surface area (Å²) in [5, 5.41) is 0. The van der Waals surface area contributed by atoms with Crippen molar-refractivity contribution >= 4 is 0 Å². The first-order chi connectivity index (χ1) is 12.9. The van der Waals surface area contributed by atoms with Crippen LogP contribution in [0.25, 0.3) is 0 Å². The number of hydrogen-bond acceptors (Lipinski definition) is 0. The number of rotatable bonds is 14. The maximum absolute atomic E-state index is 3.51. The van der Waals surface area contributed by atoms with Crippen molar-refractivity contribution in [2.24, 2.45) is 23.7 Å². The monoisotopic (exact) mass is 372 g/mol. The second-order valence-corrected chi connectivity index (χ2v) is 8.76. The number of allylic oxidation sites excluding steroid dienone is 5. The van der Waals surface area contributed by atoms with Crippen molar-refractivity contribution < 1.29 is 0 Å². The van der Waals surface area contributed by atoms with Gasteiger partial charge in [-0.15, -0.1) is 5.73 Å². The van der Waals surface area contributed by atoms with Crippen LogP contribution in [-0.4, -0.2) is 0 Å². The topological polar surface area (TPSA) is 0 Å². The molecule has 0 aliphatic rings. The van der Waals surface area contributed by atoms with Gasteiger partial charge in [-0.25, -0.2) is 0 Å². The number of hydrogen-bond donors (Lipinski definition) is 0. The molecule has 156 valence electrons. The predicted octanol–water partition coefficient (Wildman–Crippen LogP) is 9.30. The van der Waals surface area contributed by atoms with Crippen LogP contribution in [0.3, 0.4) is 0 Å². The summed E-state index contributed by atoms with van der Waals surface area (Å²) in [6, 6.07) is 0. The Morgan fingerprint density at radius 1 is 0.926 bits per heavy atom. The minimum absolute atomic E-state index is 0.692. The van der Waals surface area contributed by atoms with E-state index in [4.69, 9.17) is 0 Å². The smallest absolute Gasteiger partial charge is 0.0204 e. The molecule has 0 saturated heterocycles. The van der Waals surface area contributed by atoms with Crippen LogP contribution in [0.2, 0.25) is 0 Å². The maximum atomic E-state index is 3.51. The second kappa shape index (κ2) is 16.0. The lowest BCUT2D eigenvalue weighted by Crippen LogP contribution is -2.19. The summed E-state index contributed by atoms with van der Waals surface area (Å²) in [6.07, 6.45) is 19.2. The fraction of sp³-hybridized carbons (Fsp3) is 0.741. The third kappa shape index (κ3) is 12.1. The van der Waals surface area contributed by atoms with E-state index in [1.54, 1.807) is 5.57 Å². The van der Waals surface area contributed by atoms with Crippen molar-refractivity contribution in [3.63, 3.8) is 0 Å². The van der Waals surface area contributed by atoms with Gasteiger partial charge in [0.25, 0.3) is 0 Å².